The molecule has 0 aromatic carbocycles. The Morgan fingerprint density at radius 3 is 2.90 bits per heavy atom. The number of hydrogen-bond donors (Lipinski definition) is 2. The van der Waals surface area contributed by atoms with Crippen LogP contribution in [0.5, 0.6) is 0 Å². The minimum Gasteiger partial charge on any atom is -0.351 e. The number of amides is 2. The van der Waals surface area contributed by atoms with Crippen molar-refractivity contribution in [1.29, 1.82) is 0 Å². The zero-order valence-corrected chi connectivity index (χ0v) is 13.3. The molecule has 1 fully saturated rings. The number of rotatable bonds is 3. The van der Waals surface area contributed by atoms with Crippen LogP contribution in [0, 0.1) is 0 Å². The van der Waals surface area contributed by atoms with Crippen LogP contribution in [0.1, 0.15) is 28.4 Å². The number of nitrogens with zero attached hydrogens (tertiary/aromatic N) is 1. The van der Waals surface area contributed by atoms with Crippen LogP contribution in [-0.4, -0.2) is 42.4 Å². The largest absolute Gasteiger partial charge is 0.351 e. The molecule has 1 saturated heterocycles. The minimum atomic E-state index is -0.0583. The van der Waals surface area contributed by atoms with Gasteiger partial charge in [-0.05, 0) is 19.1 Å². The Morgan fingerprint density at radius 2 is 2.25 bits per heavy atom. The normalized spacial score (nSPS) is 18.3. The predicted octanol–water partition coefficient (Wildman–Crippen LogP) is 1.24. The summed E-state index contributed by atoms with van der Waals surface area (Å²) in [6, 6.07) is 3.97. The molecule has 0 saturated carbocycles. The van der Waals surface area contributed by atoms with Gasteiger partial charge in [-0.25, -0.2) is 0 Å². The summed E-state index contributed by atoms with van der Waals surface area (Å²) >= 11 is 1.45. The van der Waals surface area contributed by atoms with Crippen LogP contribution in [0.25, 0.3) is 0 Å². The van der Waals surface area contributed by atoms with Gasteiger partial charge in [-0.15, -0.1) is 23.7 Å². The van der Waals surface area contributed by atoms with Gasteiger partial charge in [0.05, 0.1) is 11.4 Å². The SMILES string of the molecule is CC(=O)NCc1ccc(C(=O)N2CCNC[C@@H]2C)s1.Cl. The zero-order valence-electron chi connectivity index (χ0n) is 11.6. The second-order valence-electron chi connectivity index (χ2n) is 4.73. The van der Waals surface area contributed by atoms with E-state index in [0.29, 0.717) is 6.54 Å². The molecule has 0 aliphatic carbocycles. The first kappa shape index (κ1) is 16.9. The Labute approximate surface area is 129 Å². The Kier molecular flexibility index (Phi) is 6.45. The van der Waals surface area contributed by atoms with Crippen LogP contribution in [-0.2, 0) is 11.3 Å². The summed E-state index contributed by atoms with van der Waals surface area (Å²) in [4.78, 5) is 26.9. The maximum Gasteiger partial charge on any atom is 0.264 e. The molecule has 5 nitrogen and oxygen atoms in total. The quantitative estimate of drug-likeness (QED) is 0.882. The number of nitrogens with one attached hydrogen (secondary N) is 2. The van der Waals surface area contributed by atoms with Gasteiger partial charge in [0.25, 0.3) is 5.91 Å². The van der Waals surface area contributed by atoms with Crippen LogP contribution in [0.4, 0.5) is 0 Å². The van der Waals surface area contributed by atoms with Gasteiger partial charge in [-0.2, -0.15) is 0 Å². The molecule has 1 aliphatic rings. The highest BCUT2D eigenvalue weighted by molar-refractivity contribution is 7.14. The lowest BCUT2D eigenvalue weighted by molar-refractivity contribution is -0.119. The first-order valence-electron chi connectivity index (χ1n) is 6.43. The lowest BCUT2D eigenvalue weighted by Gasteiger charge is -2.33. The van der Waals surface area contributed by atoms with E-state index in [9.17, 15) is 9.59 Å². The number of hydrogen-bond acceptors (Lipinski definition) is 4. The lowest BCUT2D eigenvalue weighted by atomic mass is 10.2. The van der Waals surface area contributed by atoms with E-state index in [1.807, 2.05) is 17.0 Å². The van der Waals surface area contributed by atoms with Gasteiger partial charge >= 0.3 is 0 Å². The molecule has 2 heterocycles. The summed E-state index contributed by atoms with van der Waals surface area (Å²) in [5.74, 6) is 0.0325. The molecule has 1 aromatic rings. The second-order valence-corrected chi connectivity index (χ2v) is 5.90. The van der Waals surface area contributed by atoms with Crippen LogP contribution in [0.15, 0.2) is 12.1 Å². The van der Waals surface area contributed by atoms with E-state index in [0.717, 1.165) is 29.4 Å². The van der Waals surface area contributed by atoms with Gasteiger partial charge in [0, 0.05) is 37.5 Å². The molecule has 0 unspecified atom stereocenters. The maximum absolute atomic E-state index is 12.4. The standard InChI is InChI=1S/C13H19N3O2S.ClH/c1-9-7-14-5-6-16(9)13(18)12-4-3-11(19-12)8-15-10(2)17;/h3-4,9,14H,5-8H2,1-2H3,(H,15,17);1H/t9-;/m0./s1. The highest BCUT2D eigenvalue weighted by Gasteiger charge is 2.24. The topological polar surface area (TPSA) is 61.4 Å². The Morgan fingerprint density at radius 1 is 1.50 bits per heavy atom. The third kappa shape index (κ3) is 4.19. The van der Waals surface area contributed by atoms with Crippen LogP contribution in [0.2, 0.25) is 0 Å². The van der Waals surface area contributed by atoms with E-state index in [-0.39, 0.29) is 30.3 Å². The molecule has 1 aliphatic heterocycles. The van der Waals surface area contributed by atoms with E-state index in [2.05, 4.69) is 17.6 Å². The first-order valence-corrected chi connectivity index (χ1v) is 7.24. The molecule has 0 bridgehead atoms. The molecule has 20 heavy (non-hydrogen) atoms. The molecule has 1 atom stereocenters. The van der Waals surface area contributed by atoms with E-state index in [1.165, 1.54) is 18.3 Å². The number of thiophene rings is 1. The van der Waals surface area contributed by atoms with Crippen molar-refractivity contribution in [3.05, 3.63) is 21.9 Å². The van der Waals surface area contributed by atoms with Crippen molar-refractivity contribution in [2.24, 2.45) is 0 Å². The molecule has 1 aromatic heterocycles. The molecule has 2 N–H and O–H groups in total. The summed E-state index contributed by atoms with van der Waals surface area (Å²) in [7, 11) is 0. The minimum absolute atomic E-state index is 0. The highest BCUT2D eigenvalue weighted by atomic mass is 35.5. The summed E-state index contributed by atoms with van der Waals surface area (Å²) < 4.78 is 0. The van der Waals surface area contributed by atoms with E-state index < -0.39 is 0 Å². The Balaban J connectivity index is 0.00000200. The number of piperazine rings is 1. The monoisotopic (exact) mass is 317 g/mol. The third-order valence-corrected chi connectivity index (χ3v) is 4.22. The van der Waals surface area contributed by atoms with Gasteiger partial charge in [-0.3, -0.25) is 9.59 Å². The van der Waals surface area contributed by atoms with Crippen molar-refractivity contribution in [2.45, 2.75) is 26.4 Å². The summed E-state index contributed by atoms with van der Waals surface area (Å²) in [6.07, 6.45) is 0. The molecular formula is C13H20ClN3O2S. The molecule has 0 radical (unpaired) electrons. The number of halogens is 1. The van der Waals surface area contributed by atoms with Crippen LogP contribution < -0.4 is 10.6 Å². The van der Waals surface area contributed by atoms with Crippen LogP contribution in [0.3, 0.4) is 0 Å². The van der Waals surface area contributed by atoms with Crippen molar-refractivity contribution >= 4 is 35.6 Å². The maximum atomic E-state index is 12.4. The summed E-state index contributed by atoms with van der Waals surface area (Å²) in [5, 5.41) is 6.01. The summed E-state index contributed by atoms with van der Waals surface area (Å²) in [6.45, 7) is 6.47. The van der Waals surface area contributed by atoms with Crippen molar-refractivity contribution in [3.63, 3.8) is 0 Å². The molecule has 2 rings (SSSR count). The molecular weight excluding hydrogens is 298 g/mol. The zero-order chi connectivity index (χ0) is 13.8. The fourth-order valence-electron chi connectivity index (χ4n) is 2.08. The molecule has 7 heteroatoms. The average molecular weight is 318 g/mol. The first-order chi connectivity index (χ1) is 9.08. The molecule has 0 spiro atoms. The lowest BCUT2D eigenvalue weighted by Crippen LogP contribution is -2.52. The Hall–Kier alpha value is -1.11. The van der Waals surface area contributed by atoms with E-state index >= 15 is 0 Å². The Bertz CT molecular complexity index is 478. The van der Waals surface area contributed by atoms with Crippen molar-refractivity contribution < 1.29 is 9.59 Å². The summed E-state index contributed by atoms with van der Waals surface area (Å²) in [5.41, 5.74) is 0. The van der Waals surface area contributed by atoms with Crippen molar-refractivity contribution in [2.75, 3.05) is 19.6 Å². The van der Waals surface area contributed by atoms with Crippen LogP contribution >= 0.6 is 23.7 Å². The third-order valence-electron chi connectivity index (χ3n) is 3.15. The predicted molar refractivity (Wildman–Crippen MR) is 82.5 cm³/mol. The average Bonchev–Trinajstić information content (AvgIpc) is 2.85. The van der Waals surface area contributed by atoms with Gasteiger partial charge in [-0.1, -0.05) is 0 Å². The molecule has 112 valence electrons. The highest BCUT2D eigenvalue weighted by Crippen LogP contribution is 2.19. The fourth-order valence-corrected chi connectivity index (χ4v) is 2.99. The fraction of sp³-hybridized carbons (Fsp3) is 0.538. The van der Waals surface area contributed by atoms with Gasteiger partial charge in [0.1, 0.15) is 0 Å². The number of carbonyl (C=O) groups is 2. The second kappa shape index (κ2) is 7.61. The number of carbonyl (C=O) groups excluding carboxylic acids is 2. The van der Waals surface area contributed by atoms with Crippen molar-refractivity contribution in [1.82, 2.24) is 15.5 Å². The van der Waals surface area contributed by atoms with E-state index in [1.54, 1.807) is 0 Å². The molecule has 2 amide bonds. The van der Waals surface area contributed by atoms with Gasteiger partial charge in [0.15, 0.2) is 0 Å². The smallest absolute Gasteiger partial charge is 0.264 e. The van der Waals surface area contributed by atoms with E-state index in [4.69, 9.17) is 0 Å². The van der Waals surface area contributed by atoms with Crippen molar-refractivity contribution in [3.8, 4) is 0 Å². The van der Waals surface area contributed by atoms with Gasteiger partial charge < -0.3 is 15.5 Å². The van der Waals surface area contributed by atoms with Gasteiger partial charge in [0.2, 0.25) is 5.91 Å².